The van der Waals surface area contributed by atoms with E-state index >= 15 is 0 Å². The molecule has 2 atom stereocenters. The number of ether oxygens (including phenoxy) is 1. The fourth-order valence-electron chi connectivity index (χ4n) is 5.57. The van der Waals surface area contributed by atoms with Gasteiger partial charge in [0.15, 0.2) is 0 Å². The van der Waals surface area contributed by atoms with E-state index in [0.29, 0.717) is 23.1 Å². The van der Waals surface area contributed by atoms with Crippen LogP contribution in [-0.2, 0) is 20.2 Å². The lowest BCUT2D eigenvalue weighted by atomic mass is 9.85. The number of carbonyl (C=O) groups is 1. The molecule has 38 heavy (non-hydrogen) atoms. The van der Waals surface area contributed by atoms with Gasteiger partial charge in [-0.1, -0.05) is 29.8 Å². The number of rotatable bonds is 7. The number of aromatic nitrogens is 2. The van der Waals surface area contributed by atoms with Crippen LogP contribution in [0.25, 0.3) is 10.9 Å². The molecule has 196 valence electrons. The second kappa shape index (κ2) is 9.51. The Bertz CT molecular complexity index is 1680. The highest BCUT2D eigenvalue weighted by molar-refractivity contribution is 7.90. The molecule has 7 nitrogen and oxygen atoms in total. The fourth-order valence-corrected chi connectivity index (χ4v) is 6.77. The smallest absolute Gasteiger partial charge is 0.264 e. The van der Waals surface area contributed by atoms with Crippen LogP contribution >= 0.6 is 0 Å². The minimum absolute atomic E-state index is 0.00415. The lowest BCUT2D eigenvalue weighted by Crippen LogP contribution is -2.33. The molecule has 0 saturated heterocycles. The number of methoxy groups -OCH3 is 1. The Hall–Kier alpha value is -3.78. The van der Waals surface area contributed by atoms with E-state index in [2.05, 4.69) is 20.8 Å². The van der Waals surface area contributed by atoms with Gasteiger partial charge >= 0.3 is 0 Å². The molecular weight excluding hydrogens is 498 g/mol. The number of fused-ring (bicyclic) bond motifs is 1. The third kappa shape index (κ3) is 4.65. The predicted octanol–water partition coefficient (Wildman–Crippen LogP) is 5.19. The molecule has 8 heteroatoms. The number of carbonyl (C=O) groups excluding carboxylic acids is 1. The van der Waals surface area contributed by atoms with E-state index in [1.54, 1.807) is 31.4 Å². The average molecular weight is 530 g/mol. The van der Waals surface area contributed by atoms with Crippen LogP contribution in [0.1, 0.15) is 52.5 Å². The minimum Gasteiger partial charge on any atom is -0.496 e. The Labute approximate surface area is 223 Å². The van der Waals surface area contributed by atoms with Crippen LogP contribution in [0.15, 0.2) is 65.6 Å². The first-order valence-electron chi connectivity index (χ1n) is 12.6. The summed E-state index contributed by atoms with van der Waals surface area (Å²) in [7, 11) is -2.52. The molecule has 2 aromatic carbocycles. The second-order valence-corrected chi connectivity index (χ2v) is 11.9. The maximum absolute atomic E-state index is 13.5. The molecule has 0 bridgehead atoms. The fraction of sp³-hybridized carbons (Fsp3) is 0.300. The van der Waals surface area contributed by atoms with Crippen molar-refractivity contribution in [3.05, 3.63) is 94.4 Å². The Morgan fingerprint density at radius 3 is 2.47 bits per heavy atom. The zero-order valence-corrected chi connectivity index (χ0v) is 23.0. The van der Waals surface area contributed by atoms with Crippen LogP contribution in [0.4, 0.5) is 0 Å². The summed E-state index contributed by atoms with van der Waals surface area (Å²) >= 11 is 0. The molecule has 0 unspecified atom stereocenters. The largest absolute Gasteiger partial charge is 0.496 e. The number of nitrogens with one attached hydrogen (secondary N) is 1. The standard InChI is InChI=1S/C30H31N3O4S/c1-18-9-14-27(37-5)24(15-18)30(16-25(30)22-12-10-19(2)31-21(22)4)17-29(34)33-38(35,36)28-8-6-7-26-23(28)13-11-20(3)32-26/h6-15,25H,16-17H2,1-5H3,(H,33,34)/t25-,30-/m1/s1. The van der Waals surface area contributed by atoms with Crippen LogP contribution in [0.3, 0.4) is 0 Å². The molecule has 0 aliphatic heterocycles. The first kappa shape index (κ1) is 25.9. The van der Waals surface area contributed by atoms with Crippen LogP contribution < -0.4 is 9.46 Å². The average Bonchev–Trinajstić information content (AvgIpc) is 3.57. The van der Waals surface area contributed by atoms with E-state index in [1.807, 2.05) is 52.0 Å². The molecular formula is C30H31N3O4S. The lowest BCUT2D eigenvalue weighted by molar-refractivity contribution is -0.119. The van der Waals surface area contributed by atoms with Crippen molar-refractivity contribution in [3.8, 4) is 5.75 Å². The van der Waals surface area contributed by atoms with E-state index in [0.717, 1.165) is 33.8 Å². The number of hydrogen-bond acceptors (Lipinski definition) is 6. The Morgan fingerprint density at radius 2 is 1.74 bits per heavy atom. The second-order valence-electron chi connectivity index (χ2n) is 10.2. The first-order valence-corrected chi connectivity index (χ1v) is 14.0. The third-order valence-corrected chi connectivity index (χ3v) is 8.88. The summed E-state index contributed by atoms with van der Waals surface area (Å²) in [5, 5.41) is 0.471. The van der Waals surface area contributed by atoms with Crippen LogP contribution in [0.2, 0.25) is 0 Å². The molecule has 1 N–H and O–H groups in total. The number of hydrogen-bond donors (Lipinski definition) is 1. The lowest BCUT2D eigenvalue weighted by Gasteiger charge is -2.22. The SMILES string of the molecule is COc1ccc(C)cc1[C@]1(CC(=O)NS(=O)(=O)c2cccc3nc(C)ccc23)C[C@@H]1c1ccc(C)nc1C. The monoisotopic (exact) mass is 529 g/mol. The van der Waals surface area contributed by atoms with E-state index in [4.69, 9.17) is 4.74 Å². The first-order chi connectivity index (χ1) is 18.0. The van der Waals surface area contributed by atoms with Gasteiger partial charge in [-0.3, -0.25) is 14.8 Å². The Balaban J connectivity index is 1.51. The van der Waals surface area contributed by atoms with Gasteiger partial charge in [0.2, 0.25) is 5.91 Å². The van der Waals surface area contributed by atoms with E-state index in [-0.39, 0.29) is 17.2 Å². The highest BCUT2D eigenvalue weighted by Gasteiger charge is 2.58. The van der Waals surface area contributed by atoms with Crippen molar-refractivity contribution in [2.24, 2.45) is 0 Å². The van der Waals surface area contributed by atoms with Crippen molar-refractivity contribution in [2.45, 2.75) is 56.8 Å². The summed E-state index contributed by atoms with van der Waals surface area (Å²) in [6.07, 6.45) is 0.676. The Kier molecular flexibility index (Phi) is 6.47. The van der Waals surface area contributed by atoms with Crippen molar-refractivity contribution in [1.29, 1.82) is 0 Å². The van der Waals surface area contributed by atoms with Gasteiger partial charge in [0.25, 0.3) is 10.0 Å². The predicted molar refractivity (Wildman–Crippen MR) is 147 cm³/mol. The summed E-state index contributed by atoms with van der Waals surface area (Å²) in [6, 6.07) is 18.3. The molecule has 2 heterocycles. The zero-order chi connectivity index (χ0) is 27.2. The van der Waals surface area contributed by atoms with Gasteiger partial charge in [0.05, 0.1) is 17.5 Å². The highest BCUT2D eigenvalue weighted by atomic mass is 32.2. The number of benzene rings is 2. The van der Waals surface area contributed by atoms with E-state index in [1.165, 1.54) is 6.07 Å². The van der Waals surface area contributed by atoms with Crippen LogP contribution in [0, 0.1) is 27.7 Å². The number of nitrogens with zero attached hydrogens (tertiary/aromatic N) is 2. The summed E-state index contributed by atoms with van der Waals surface area (Å²) < 4.78 is 34.9. The molecule has 1 aliphatic rings. The van der Waals surface area contributed by atoms with Gasteiger partial charge < -0.3 is 4.74 Å². The quantitative estimate of drug-likeness (QED) is 0.354. The minimum atomic E-state index is -4.13. The molecule has 1 amide bonds. The van der Waals surface area contributed by atoms with E-state index in [9.17, 15) is 13.2 Å². The van der Waals surface area contributed by atoms with Gasteiger partial charge in [-0.05, 0) is 82.0 Å². The van der Waals surface area contributed by atoms with Gasteiger partial charge in [-0.2, -0.15) is 0 Å². The van der Waals surface area contributed by atoms with Gasteiger partial charge in [0.1, 0.15) is 5.75 Å². The number of aryl methyl sites for hydroxylation is 4. The summed E-state index contributed by atoms with van der Waals surface area (Å²) in [6.45, 7) is 7.76. The van der Waals surface area contributed by atoms with E-state index < -0.39 is 21.3 Å². The molecule has 0 spiro atoms. The normalized spacial score (nSPS) is 18.8. The number of amides is 1. The van der Waals surface area contributed by atoms with Gasteiger partial charge in [-0.25, -0.2) is 13.1 Å². The topological polar surface area (TPSA) is 98.2 Å². The maximum atomic E-state index is 13.5. The Morgan fingerprint density at radius 1 is 1.00 bits per heavy atom. The molecule has 1 aliphatic carbocycles. The maximum Gasteiger partial charge on any atom is 0.264 e. The number of pyridine rings is 2. The van der Waals surface area contributed by atoms with Crippen molar-refractivity contribution in [2.75, 3.05) is 7.11 Å². The number of sulfonamides is 1. The third-order valence-electron chi connectivity index (χ3n) is 7.45. The molecule has 1 fully saturated rings. The molecule has 5 rings (SSSR count). The van der Waals surface area contributed by atoms with Crippen molar-refractivity contribution in [3.63, 3.8) is 0 Å². The molecule has 4 aromatic rings. The van der Waals surface area contributed by atoms with Crippen LogP contribution in [0.5, 0.6) is 5.75 Å². The highest BCUT2D eigenvalue weighted by Crippen LogP contribution is 2.64. The van der Waals surface area contributed by atoms with Gasteiger partial charge in [-0.15, -0.1) is 0 Å². The van der Waals surface area contributed by atoms with Crippen LogP contribution in [-0.4, -0.2) is 31.4 Å². The summed E-state index contributed by atoms with van der Waals surface area (Å²) in [5.74, 6) is 0.123. The van der Waals surface area contributed by atoms with Gasteiger partial charge in [0, 0.05) is 39.9 Å². The van der Waals surface area contributed by atoms with Crippen molar-refractivity contribution >= 4 is 26.8 Å². The summed E-state index contributed by atoms with van der Waals surface area (Å²) in [4.78, 5) is 22.6. The molecule has 1 saturated carbocycles. The summed E-state index contributed by atoms with van der Waals surface area (Å²) in [5.41, 5.74) is 5.57. The van der Waals surface area contributed by atoms with Crippen molar-refractivity contribution in [1.82, 2.24) is 14.7 Å². The zero-order valence-electron chi connectivity index (χ0n) is 22.2. The molecule has 2 aromatic heterocycles. The van der Waals surface area contributed by atoms with Crippen molar-refractivity contribution < 1.29 is 17.9 Å². The molecule has 0 radical (unpaired) electrons.